The van der Waals surface area contributed by atoms with E-state index in [1.54, 1.807) is 7.11 Å². The van der Waals surface area contributed by atoms with Crippen molar-refractivity contribution in [3.05, 3.63) is 54.1 Å². The summed E-state index contributed by atoms with van der Waals surface area (Å²) in [5.74, 6) is 0.876. The fourth-order valence-electron chi connectivity index (χ4n) is 2.00. The molecule has 92 valence electrons. The first-order chi connectivity index (χ1) is 8.74. The topological polar surface area (TPSA) is 29.5 Å². The van der Waals surface area contributed by atoms with Crippen LogP contribution >= 0.6 is 0 Å². The van der Waals surface area contributed by atoms with Crippen LogP contribution in [0.4, 0.5) is 0 Å². The van der Waals surface area contributed by atoms with Crippen LogP contribution in [0.25, 0.3) is 0 Å². The number of aliphatic hydroxyl groups excluding tert-OH is 1. The van der Waals surface area contributed by atoms with Crippen LogP contribution in [0.2, 0.25) is 6.82 Å². The molecule has 0 aliphatic carbocycles. The molecular weight excluding hydrogens is 223 g/mol. The first-order valence-corrected chi connectivity index (χ1v) is 6.08. The smallest absolute Gasteiger partial charge is 0.206 e. The fraction of sp³-hybridized carbons (Fsp3) is 0.200. The van der Waals surface area contributed by atoms with Crippen LogP contribution in [0, 0.1) is 0 Å². The van der Waals surface area contributed by atoms with Gasteiger partial charge in [0.2, 0.25) is 6.71 Å². The number of aliphatic hydroxyl groups is 1. The summed E-state index contributed by atoms with van der Waals surface area (Å²) >= 11 is 0. The van der Waals surface area contributed by atoms with Gasteiger partial charge in [0.1, 0.15) is 5.75 Å². The van der Waals surface area contributed by atoms with Gasteiger partial charge in [-0.2, -0.15) is 0 Å². The summed E-state index contributed by atoms with van der Waals surface area (Å²) in [6, 6.07) is 16.2. The second-order valence-corrected chi connectivity index (χ2v) is 4.39. The molecule has 0 heterocycles. The molecule has 0 aromatic heterocycles. The van der Waals surface area contributed by atoms with Crippen LogP contribution < -0.4 is 15.7 Å². The van der Waals surface area contributed by atoms with Crippen molar-refractivity contribution >= 4 is 17.6 Å². The Labute approximate surface area is 108 Å². The minimum Gasteiger partial charge on any atom is -0.497 e. The number of benzene rings is 2. The molecule has 2 nitrogen and oxygen atoms in total. The van der Waals surface area contributed by atoms with Gasteiger partial charge in [0.15, 0.2) is 0 Å². The molecule has 0 unspecified atom stereocenters. The third kappa shape index (κ3) is 2.74. The summed E-state index contributed by atoms with van der Waals surface area (Å²) < 4.78 is 5.16. The molecule has 0 atom stereocenters. The number of hydrogen-bond acceptors (Lipinski definition) is 2. The van der Waals surface area contributed by atoms with Gasteiger partial charge in [-0.3, -0.25) is 0 Å². The maximum absolute atomic E-state index is 9.03. The Morgan fingerprint density at radius 2 is 1.44 bits per heavy atom. The molecule has 2 aromatic carbocycles. The van der Waals surface area contributed by atoms with E-state index >= 15 is 0 Å². The second-order valence-electron chi connectivity index (χ2n) is 4.39. The van der Waals surface area contributed by atoms with Crippen LogP contribution in [0.5, 0.6) is 5.75 Å². The third-order valence-electron chi connectivity index (χ3n) is 3.28. The minimum absolute atomic E-state index is 0.0944. The third-order valence-corrected chi connectivity index (χ3v) is 3.28. The highest BCUT2D eigenvalue weighted by Gasteiger charge is 2.12. The van der Waals surface area contributed by atoms with Crippen LogP contribution in [0.3, 0.4) is 0 Å². The zero-order chi connectivity index (χ0) is 13.0. The molecule has 0 saturated heterocycles. The van der Waals surface area contributed by atoms with Gasteiger partial charge in [-0.05, 0) is 17.7 Å². The van der Waals surface area contributed by atoms with E-state index in [0.29, 0.717) is 6.71 Å². The van der Waals surface area contributed by atoms with Crippen LogP contribution in [0.1, 0.15) is 5.56 Å². The summed E-state index contributed by atoms with van der Waals surface area (Å²) in [7, 11) is 1.67. The highest BCUT2D eigenvalue weighted by Crippen LogP contribution is 2.06. The molecule has 0 amide bonds. The van der Waals surface area contributed by atoms with Crippen molar-refractivity contribution in [2.75, 3.05) is 7.11 Å². The number of ether oxygens (including phenoxy) is 1. The molecule has 1 N–H and O–H groups in total. The summed E-state index contributed by atoms with van der Waals surface area (Å²) in [4.78, 5) is 0. The van der Waals surface area contributed by atoms with E-state index in [0.717, 1.165) is 11.3 Å². The zero-order valence-corrected chi connectivity index (χ0v) is 10.8. The van der Waals surface area contributed by atoms with E-state index in [1.807, 2.05) is 24.3 Å². The molecule has 0 fully saturated rings. The Hall–Kier alpha value is -1.74. The summed E-state index contributed by atoms with van der Waals surface area (Å²) in [5.41, 5.74) is 3.45. The Morgan fingerprint density at radius 3 is 1.89 bits per heavy atom. The molecule has 2 rings (SSSR count). The van der Waals surface area contributed by atoms with Gasteiger partial charge in [-0.25, -0.2) is 0 Å². The predicted octanol–water partition coefficient (Wildman–Crippen LogP) is 1.43. The molecular formula is C15H17BO2. The number of methoxy groups -OCH3 is 1. The Balaban J connectivity index is 2.20. The van der Waals surface area contributed by atoms with Crippen molar-refractivity contribution in [2.24, 2.45) is 0 Å². The van der Waals surface area contributed by atoms with Gasteiger partial charge in [0.25, 0.3) is 0 Å². The van der Waals surface area contributed by atoms with E-state index in [-0.39, 0.29) is 6.61 Å². The predicted molar refractivity (Wildman–Crippen MR) is 76.2 cm³/mol. The van der Waals surface area contributed by atoms with Gasteiger partial charge in [-0.1, -0.05) is 54.1 Å². The van der Waals surface area contributed by atoms with E-state index in [4.69, 9.17) is 9.84 Å². The average molecular weight is 240 g/mol. The van der Waals surface area contributed by atoms with Crippen LogP contribution in [0.15, 0.2) is 48.5 Å². The van der Waals surface area contributed by atoms with Gasteiger partial charge >= 0.3 is 0 Å². The first-order valence-electron chi connectivity index (χ1n) is 6.08. The van der Waals surface area contributed by atoms with E-state index in [1.165, 1.54) is 10.9 Å². The SMILES string of the molecule is COc1ccc(B(C)c2ccc(CO)cc2)cc1. The first kappa shape index (κ1) is 12.7. The largest absolute Gasteiger partial charge is 0.497 e. The summed E-state index contributed by atoms with van der Waals surface area (Å²) in [6.07, 6.45) is 0. The standard InChI is InChI=1S/C15H17BO2/c1-16(13-5-3-12(11-17)4-6-13)14-7-9-15(18-2)10-8-14/h3-10,17H,11H2,1-2H3. The molecule has 0 aliphatic heterocycles. The number of rotatable bonds is 4. The van der Waals surface area contributed by atoms with Crippen LogP contribution in [-0.2, 0) is 6.61 Å². The van der Waals surface area contributed by atoms with Crippen LogP contribution in [-0.4, -0.2) is 18.9 Å². The molecule has 0 saturated carbocycles. The normalized spacial score (nSPS) is 10.2. The summed E-state index contributed by atoms with van der Waals surface area (Å²) in [6.45, 7) is 2.61. The monoisotopic (exact) mass is 240 g/mol. The molecule has 0 bridgehead atoms. The average Bonchev–Trinajstić information content (AvgIpc) is 2.47. The van der Waals surface area contributed by atoms with E-state index < -0.39 is 0 Å². The van der Waals surface area contributed by atoms with Crippen molar-refractivity contribution in [3.63, 3.8) is 0 Å². The molecule has 18 heavy (non-hydrogen) atoms. The zero-order valence-electron chi connectivity index (χ0n) is 10.8. The maximum atomic E-state index is 9.03. The van der Waals surface area contributed by atoms with Crippen molar-refractivity contribution < 1.29 is 9.84 Å². The quantitative estimate of drug-likeness (QED) is 0.819. The lowest BCUT2D eigenvalue weighted by atomic mass is 9.42. The molecule has 0 radical (unpaired) electrons. The van der Waals surface area contributed by atoms with Crippen molar-refractivity contribution in [3.8, 4) is 5.75 Å². The maximum Gasteiger partial charge on any atom is 0.206 e. The van der Waals surface area contributed by atoms with Crippen molar-refractivity contribution in [1.82, 2.24) is 0 Å². The Morgan fingerprint density at radius 1 is 0.944 bits per heavy atom. The molecule has 0 spiro atoms. The van der Waals surface area contributed by atoms with Crippen molar-refractivity contribution in [2.45, 2.75) is 13.4 Å². The highest BCUT2D eigenvalue weighted by atomic mass is 16.5. The lowest BCUT2D eigenvalue weighted by Crippen LogP contribution is -2.38. The summed E-state index contributed by atoms with van der Waals surface area (Å²) in [5, 5.41) is 9.03. The fourth-order valence-corrected chi connectivity index (χ4v) is 2.00. The molecule has 0 aliphatic rings. The number of hydrogen-bond donors (Lipinski definition) is 1. The van der Waals surface area contributed by atoms with E-state index in [9.17, 15) is 0 Å². The van der Waals surface area contributed by atoms with Crippen molar-refractivity contribution in [1.29, 1.82) is 0 Å². The lowest BCUT2D eigenvalue weighted by Gasteiger charge is -2.10. The van der Waals surface area contributed by atoms with Gasteiger partial charge in [-0.15, -0.1) is 0 Å². The highest BCUT2D eigenvalue weighted by molar-refractivity contribution is 6.84. The van der Waals surface area contributed by atoms with Gasteiger partial charge < -0.3 is 9.84 Å². The minimum atomic E-state index is 0.0944. The molecule has 2 aromatic rings. The van der Waals surface area contributed by atoms with Gasteiger partial charge in [0, 0.05) is 0 Å². The Bertz CT molecular complexity index is 443. The van der Waals surface area contributed by atoms with Gasteiger partial charge in [0.05, 0.1) is 13.7 Å². The Kier molecular flexibility index (Phi) is 4.05. The molecule has 3 heteroatoms. The lowest BCUT2D eigenvalue weighted by molar-refractivity contribution is 0.282. The van der Waals surface area contributed by atoms with E-state index in [2.05, 4.69) is 31.1 Å². The second kappa shape index (κ2) is 5.74.